The molecule has 0 saturated heterocycles. The van der Waals surface area contributed by atoms with E-state index in [0.717, 1.165) is 30.8 Å². The van der Waals surface area contributed by atoms with Crippen LogP contribution in [0.5, 0.6) is 5.75 Å². The van der Waals surface area contributed by atoms with E-state index < -0.39 is 0 Å². The van der Waals surface area contributed by atoms with E-state index in [1.165, 1.54) is 11.6 Å². The molecular weight excluding hydrogens is 255 g/mol. The number of rotatable bonds is 3. The van der Waals surface area contributed by atoms with Crippen molar-refractivity contribution in [2.24, 2.45) is 0 Å². The van der Waals surface area contributed by atoms with E-state index in [2.05, 4.69) is 4.90 Å². The van der Waals surface area contributed by atoms with Gasteiger partial charge in [-0.2, -0.15) is 0 Å². The SMILES string of the molecule is COc1ccc(CN2CCc3ccc(F)cc32)cc1N. The summed E-state index contributed by atoms with van der Waals surface area (Å²) < 4.78 is 18.5. The van der Waals surface area contributed by atoms with E-state index in [0.29, 0.717) is 11.4 Å². The zero-order valence-electron chi connectivity index (χ0n) is 11.4. The molecular formula is C16H17FN2O. The number of nitrogens with two attached hydrogens (primary N) is 1. The van der Waals surface area contributed by atoms with Gasteiger partial charge in [0.05, 0.1) is 12.8 Å². The molecule has 3 rings (SSSR count). The van der Waals surface area contributed by atoms with E-state index in [4.69, 9.17) is 10.5 Å². The van der Waals surface area contributed by atoms with E-state index in [1.807, 2.05) is 24.3 Å². The molecule has 0 fully saturated rings. The van der Waals surface area contributed by atoms with Crippen molar-refractivity contribution in [3.05, 3.63) is 53.3 Å². The van der Waals surface area contributed by atoms with Crippen molar-refractivity contribution in [1.82, 2.24) is 0 Å². The Labute approximate surface area is 117 Å². The Bertz CT molecular complexity index is 642. The number of methoxy groups -OCH3 is 1. The van der Waals surface area contributed by atoms with Gasteiger partial charge in [-0.15, -0.1) is 0 Å². The van der Waals surface area contributed by atoms with Crippen molar-refractivity contribution < 1.29 is 9.13 Å². The van der Waals surface area contributed by atoms with Crippen LogP contribution in [-0.2, 0) is 13.0 Å². The number of nitrogens with zero attached hydrogens (tertiary/aromatic N) is 1. The fourth-order valence-corrected chi connectivity index (χ4v) is 2.69. The Morgan fingerprint density at radius 1 is 1.25 bits per heavy atom. The van der Waals surface area contributed by atoms with Crippen molar-refractivity contribution in [3.63, 3.8) is 0 Å². The lowest BCUT2D eigenvalue weighted by molar-refractivity contribution is 0.417. The van der Waals surface area contributed by atoms with Gasteiger partial charge in [-0.25, -0.2) is 4.39 Å². The summed E-state index contributed by atoms with van der Waals surface area (Å²) in [5.41, 5.74) is 9.83. The van der Waals surface area contributed by atoms with Crippen LogP contribution in [0, 0.1) is 5.82 Å². The number of hydrogen-bond donors (Lipinski definition) is 1. The van der Waals surface area contributed by atoms with Gasteiger partial charge in [0.15, 0.2) is 0 Å². The number of benzene rings is 2. The molecule has 2 N–H and O–H groups in total. The van der Waals surface area contributed by atoms with Gasteiger partial charge in [-0.1, -0.05) is 12.1 Å². The molecule has 0 spiro atoms. The summed E-state index contributed by atoms with van der Waals surface area (Å²) in [6.45, 7) is 1.63. The lowest BCUT2D eigenvalue weighted by atomic mass is 10.1. The second-order valence-corrected chi connectivity index (χ2v) is 5.02. The molecule has 0 bridgehead atoms. The molecule has 0 amide bonds. The third-order valence-corrected chi connectivity index (χ3v) is 3.71. The minimum Gasteiger partial charge on any atom is -0.495 e. The van der Waals surface area contributed by atoms with Crippen LogP contribution in [-0.4, -0.2) is 13.7 Å². The fourth-order valence-electron chi connectivity index (χ4n) is 2.69. The molecule has 4 heteroatoms. The van der Waals surface area contributed by atoms with E-state index in [9.17, 15) is 4.39 Å². The van der Waals surface area contributed by atoms with Crippen LogP contribution in [0.3, 0.4) is 0 Å². The van der Waals surface area contributed by atoms with Gasteiger partial charge >= 0.3 is 0 Å². The highest BCUT2D eigenvalue weighted by Gasteiger charge is 2.19. The number of anilines is 2. The number of nitrogen functional groups attached to an aromatic ring is 1. The fraction of sp³-hybridized carbons (Fsp3) is 0.250. The minimum atomic E-state index is -0.190. The highest BCUT2D eigenvalue weighted by Crippen LogP contribution is 2.31. The van der Waals surface area contributed by atoms with Gasteiger partial charge in [0.1, 0.15) is 11.6 Å². The van der Waals surface area contributed by atoms with E-state index >= 15 is 0 Å². The minimum absolute atomic E-state index is 0.190. The lowest BCUT2D eigenvalue weighted by Gasteiger charge is -2.20. The first-order valence-corrected chi connectivity index (χ1v) is 6.63. The van der Waals surface area contributed by atoms with Crippen LogP contribution in [0.1, 0.15) is 11.1 Å². The van der Waals surface area contributed by atoms with Gasteiger partial charge in [-0.05, 0) is 41.8 Å². The maximum absolute atomic E-state index is 13.4. The van der Waals surface area contributed by atoms with Crippen LogP contribution >= 0.6 is 0 Å². The van der Waals surface area contributed by atoms with Gasteiger partial charge < -0.3 is 15.4 Å². The average molecular weight is 272 g/mol. The molecule has 3 nitrogen and oxygen atoms in total. The highest BCUT2D eigenvalue weighted by molar-refractivity contribution is 5.60. The molecule has 2 aromatic carbocycles. The second kappa shape index (κ2) is 5.04. The summed E-state index contributed by atoms with van der Waals surface area (Å²) in [6.07, 6.45) is 0.960. The van der Waals surface area contributed by atoms with Gasteiger partial charge in [0.25, 0.3) is 0 Å². The maximum Gasteiger partial charge on any atom is 0.141 e. The van der Waals surface area contributed by atoms with Crippen molar-refractivity contribution in [3.8, 4) is 5.75 Å². The Kier molecular flexibility index (Phi) is 3.22. The number of hydrogen-bond acceptors (Lipinski definition) is 3. The van der Waals surface area contributed by atoms with Crippen LogP contribution < -0.4 is 15.4 Å². The topological polar surface area (TPSA) is 38.5 Å². The molecule has 0 saturated carbocycles. The molecule has 2 aromatic rings. The predicted molar refractivity (Wildman–Crippen MR) is 78.6 cm³/mol. The summed E-state index contributed by atoms with van der Waals surface area (Å²) in [5.74, 6) is 0.492. The highest BCUT2D eigenvalue weighted by atomic mass is 19.1. The maximum atomic E-state index is 13.4. The Morgan fingerprint density at radius 2 is 2.10 bits per heavy atom. The zero-order chi connectivity index (χ0) is 14.1. The van der Waals surface area contributed by atoms with Crippen molar-refractivity contribution in [1.29, 1.82) is 0 Å². The smallest absolute Gasteiger partial charge is 0.141 e. The number of fused-ring (bicyclic) bond motifs is 1. The lowest BCUT2D eigenvalue weighted by Crippen LogP contribution is -2.19. The average Bonchev–Trinajstić information content (AvgIpc) is 2.82. The Hall–Kier alpha value is -2.23. The van der Waals surface area contributed by atoms with Gasteiger partial charge in [-0.3, -0.25) is 0 Å². The number of ether oxygens (including phenoxy) is 1. The van der Waals surface area contributed by atoms with Crippen LogP contribution in [0.2, 0.25) is 0 Å². The van der Waals surface area contributed by atoms with Gasteiger partial charge in [0, 0.05) is 18.8 Å². The predicted octanol–water partition coefficient (Wildman–Crippen LogP) is 2.98. The van der Waals surface area contributed by atoms with Crippen molar-refractivity contribution in [2.75, 3.05) is 24.3 Å². The zero-order valence-corrected chi connectivity index (χ0v) is 11.4. The normalized spacial score (nSPS) is 13.4. The van der Waals surface area contributed by atoms with Crippen LogP contribution in [0.15, 0.2) is 36.4 Å². The molecule has 0 aliphatic carbocycles. The second-order valence-electron chi connectivity index (χ2n) is 5.02. The summed E-state index contributed by atoms with van der Waals surface area (Å²) in [6, 6.07) is 10.8. The molecule has 1 aliphatic rings. The largest absolute Gasteiger partial charge is 0.495 e. The molecule has 20 heavy (non-hydrogen) atoms. The molecule has 0 aromatic heterocycles. The van der Waals surface area contributed by atoms with E-state index in [1.54, 1.807) is 13.2 Å². The molecule has 1 heterocycles. The van der Waals surface area contributed by atoms with E-state index in [-0.39, 0.29) is 5.82 Å². The van der Waals surface area contributed by atoms with Crippen LogP contribution in [0.25, 0.3) is 0 Å². The standard InChI is InChI=1S/C16H17FN2O/c1-20-16-5-2-11(8-14(16)18)10-19-7-6-12-3-4-13(17)9-15(12)19/h2-5,8-9H,6-7,10,18H2,1H3. The molecule has 0 atom stereocenters. The summed E-state index contributed by atoms with van der Waals surface area (Å²) >= 11 is 0. The first-order chi connectivity index (χ1) is 9.67. The van der Waals surface area contributed by atoms with Crippen molar-refractivity contribution >= 4 is 11.4 Å². The molecule has 1 aliphatic heterocycles. The van der Waals surface area contributed by atoms with Crippen LogP contribution in [0.4, 0.5) is 15.8 Å². The third kappa shape index (κ3) is 2.29. The first-order valence-electron chi connectivity index (χ1n) is 6.63. The summed E-state index contributed by atoms with van der Waals surface area (Å²) in [7, 11) is 1.60. The third-order valence-electron chi connectivity index (χ3n) is 3.71. The summed E-state index contributed by atoms with van der Waals surface area (Å²) in [4.78, 5) is 2.18. The molecule has 104 valence electrons. The van der Waals surface area contributed by atoms with Gasteiger partial charge in [0.2, 0.25) is 0 Å². The monoisotopic (exact) mass is 272 g/mol. The Balaban J connectivity index is 1.83. The molecule has 0 radical (unpaired) electrons. The van der Waals surface area contributed by atoms with Crippen molar-refractivity contribution in [2.45, 2.75) is 13.0 Å². The molecule has 0 unspecified atom stereocenters. The Morgan fingerprint density at radius 3 is 2.85 bits per heavy atom. The first kappa shape index (κ1) is 12.8. The number of halogens is 1. The summed E-state index contributed by atoms with van der Waals surface area (Å²) in [5, 5.41) is 0. The quantitative estimate of drug-likeness (QED) is 0.873.